The molecule has 4 rings (SSSR count). The first kappa shape index (κ1) is 29.3. The van der Waals surface area contributed by atoms with Gasteiger partial charge in [-0.3, -0.25) is 9.10 Å². The average Bonchev–Trinajstić information content (AvgIpc) is 3.00. The van der Waals surface area contributed by atoms with Crippen molar-refractivity contribution in [2.24, 2.45) is 0 Å². The van der Waals surface area contributed by atoms with Gasteiger partial charge in [-0.2, -0.15) is 4.31 Å². The highest BCUT2D eigenvalue weighted by molar-refractivity contribution is 7.93. The zero-order valence-corrected chi connectivity index (χ0v) is 23.5. The van der Waals surface area contributed by atoms with Crippen molar-refractivity contribution >= 4 is 43.4 Å². The lowest BCUT2D eigenvalue weighted by Gasteiger charge is -2.24. The van der Waals surface area contributed by atoms with Gasteiger partial charge in [0.1, 0.15) is 6.54 Å². The molecule has 0 atom stereocenters. The SMILES string of the molecule is O=C(CN(c1ccccc1)S(=O)(=O)c1ccccc1)NCCNC(=O)N(c1ccccc1)S(=O)(=O)c1ccccc1. The van der Waals surface area contributed by atoms with E-state index in [0.717, 1.165) is 4.31 Å². The van der Waals surface area contributed by atoms with E-state index in [0.29, 0.717) is 9.99 Å². The number of carbonyl (C=O) groups excluding carboxylic acids is 2. The zero-order valence-electron chi connectivity index (χ0n) is 21.8. The fourth-order valence-corrected chi connectivity index (χ4v) is 6.72. The maximum atomic E-state index is 13.3. The molecule has 0 aromatic heterocycles. The molecule has 212 valence electrons. The van der Waals surface area contributed by atoms with Crippen molar-refractivity contribution in [1.82, 2.24) is 10.6 Å². The van der Waals surface area contributed by atoms with Crippen LogP contribution in [0.2, 0.25) is 0 Å². The second-order valence-corrected chi connectivity index (χ2v) is 12.3. The molecule has 0 fully saturated rings. The quantitative estimate of drug-likeness (QED) is 0.256. The molecule has 12 heteroatoms. The Hall–Kier alpha value is -4.68. The fourth-order valence-electron chi connectivity index (χ4n) is 3.88. The van der Waals surface area contributed by atoms with E-state index in [2.05, 4.69) is 10.6 Å². The Kier molecular flexibility index (Phi) is 9.37. The van der Waals surface area contributed by atoms with Gasteiger partial charge in [0, 0.05) is 13.1 Å². The largest absolute Gasteiger partial charge is 0.353 e. The standard InChI is InChI=1S/C29H28N4O6S2/c34-28(23-32(24-13-5-1-6-14-24)40(36,37)26-17-9-3-10-18-26)30-21-22-31-29(35)33(25-15-7-2-8-16-25)41(38,39)27-19-11-4-12-20-27/h1-20H,21-23H2,(H,30,34)(H,31,35). The van der Waals surface area contributed by atoms with Gasteiger partial charge >= 0.3 is 6.03 Å². The number of rotatable bonds is 11. The number of benzene rings is 4. The number of nitrogens with zero attached hydrogens (tertiary/aromatic N) is 2. The second kappa shape index (κ2) is 13.1. The molecule has 0 bridgehead atoms. The van der Waals surface area contributed by atoms with Crippen LogP contribution in [0.5, 0.6) is 0 Å². The van der Waals surface area contributed by atoms with E-state index in [9.17, 15) is 26.4 Å². The van der Waals surface area contributed by atoms with Crippen molar-refractivity contribution in [1.29, 1.82) is 0 Å². The summed E-state index contributed by atoms with van der Waals surface area (Å²) in [6.45, 7) is -0.699. The Bertz CT molecular complexity index is 1670. The van der Waals surface area contributed by atoms with E-state index < -0.39 is 38.5 Å². The minimum atomic E-state index is -4.24. The third kappa shape index (κ3) is 7.10. The third-order valence-corrected chi connectivity index (χ3v) is 9.36. The molecule has 0 heterocycles. The summed E-state index contributed by atoms with van der Waals surface area (Å²) in [5.74, 6) is -0.612. The molecule has 0 radical (unpaired) electrons. The van der Waals surface area contributed by atoms with Gasteiger partial charge in [0.2, 0.25) is 5.91 Å². The molecule has 0 saturated heterocycles. The van der Waals surface area contributed by atoms with Crippen molar-refractivity contribution in [3.63, 3.8) is 0 Å². The van der Waals surface area contributed by atoms with Gasteiger partial charge in [0.15, 0.2) is 0 Å². The summed E-state index contributed by atoms with van der Waals surface area (Å²) >= 11 is 0. The van der Waals surface area contributed by atoms with Crippen LogP contribution in [0.1, 0.15) is 0 Å². The lowest BCUT2D eigenvalue weighted by Crippen LogP contribution is -2.47. The van der Waals surface area contributed by atoms with Gasteiger partial charge in [-0.15, -0.1) is 0 Å². The van der Waals surface area contributed by atoms with Crippen LogP contribution in [0, 0.1) is 0 Å². The Balaban J connectivity index is 1.43. The Morgan fingerprint density at radius 1 is 0.537 bits per heavy atom. The van der Waals surface area contributed by atoms with Crippen LogP contribution in [0.3, 0.4) is 0 Å². The molecule has 3 amide bonds. The molecule has 0 aliphatic carbocycles. The fraction of sp³-hybridized carbons (Fsp3) is 0.103. The predicted molar refractivity (Wildman–Crippen MR) is 156 cm³/mol. The summed E-state index contributed by atoms with van der Waals surface area (Å²) in [5, 5.41) is 5.10. The molecule has 0 aliphatic heterocycles. The minimum absolute atomic E-state index is 0.0320. The molecule has 4 aromatic rings. The number of para-hydroxylation sites is 2. The number of hydrogen-bond acceptors (Lipinski definition) is 6. The van der Waals surface area contributed by atoms with E-state index in [1.807, 2.05) is 0 Å². The summed E-state index contributed by atoms with van der Waals surface area (Å²) in [7, 11) is -8.28. The van der Waals surface area contributed by atoms with Gasteiger partial charge in [0.05, 0.1) is 21.2 Å². The molecule has 41 heavy (non-hydrogen) atoms. The summed E-state index contributed by atoms with van der Waals surface area (Å²) in [4.78, 5) is 25.9. The van der Waals surface area contributed by atoms with Crippen LogP contribution < -0.4 is 19.2 Å². The molecule has 2 N–H and O–H groups in total. The van der Waals surface area contributed by atoms with Crippen molar-refractivity contribution in [3.8, 4) is 0 Å². The minimum Gasteiger partial charge on any atom is -0.353 e. The van der Waals surface area contributed by atoms with E-state index in [-0.39, 0.29) is 28.6 Å². The van der Waals surface area contributed by atoms with E-state index >= 15 is 0 Å². The van der Waals surface area contributed by atoms with E-state index in [1.165, 1.54) is 36.4 Å². The number of anilines is 2. The lowest BCUT2D eigenvalue weighted by atomic mass is 10.3. The molecular formula is C29H28N4O6S2. The summed E-state index contributed by atoms with van der Waals surface area (Å²) in [5.41, 5.74) is 0.451. The van der Waals surface area contributed by atoms with Crippen LogP contribution in [0.25, 0.3) is 0 Å². The van der Waals surface area contributed by atoms with Crippen LogP contribution in [0.15, 0.2) is 131 Å². The topological polar surface area (TPSA) is 133 Å². The van der Waals surface area contributed by atoms with Crippen molar-refractivity contribution in [2.75, 3.05) is 28.2 Å². The average molecular weight is 593 g/mol. The number of amides is 3. The van der Waals surface area contributed by atoms with Crippen molar-refractivity contribution < 1.29 is 26.4 Å². The second-order valence-electron chi connectivity index (χ2n) is 8.66. The normalized spacial score (nSPS) is 11.3. The van der Waals surface area contributed by atoms with Crippen LogP contribution >= 0.6 is 0 Å². The maximum absolute atomic E-state index is 13.3. The highest BCUT2D eigenvalue weighted by Crippen LogP contribution is 2.24. The summed E-state index contributed by atoms with van der Waals surface area (Å²) in [6.07, 6.45) is 0. The van der Waals surface area contributed by atoms with Gasteiger partial charge in [-0.1, -0.05) is 72.8 Å². The first-order valence-corrected chi connectivity index (χ1v) is 15.4. The van der Waals surface area contributed by atoms with Crippen LogP contribution in [-0.4, -0.2) is 48.4 Å². The monoisotopic (exact) mass is 592 g/mol. The Morgan fingerprint density at radius 2 is 0.951 bits per heavy atom. The highest BCUT2D eigenvalue weighted by Gasteiger charge is 2.31. The number of hydrogen-bond donors (Lipinski definition) is 2. The van der Waals surface area contributed by atoms with Gasteiger partial charge < -0.3 is 10.6 Å². The first-order valence-electron chi connectivity index (χ1n) is 12.5. The number of carbonyl (C=O) groups is 2. The molecule has 0 saturated carbocycles. The molecule has 0 unspecified atom stereocenters. The van der Waals surface area contributed by atoms with Crippen molar-refractivity contribution in [2.45, 2.75) is 9.79 Å². The summed E-state index contributed by atoms with van der Waals surface area (Å²) in [6, 6.07) is 30.5. The van der Waals surface area contributed by atoms with E-state index in [4.69, 9.17) is 0 Å². The van der Waals surface area contributed by atoms with Gasteiger partial charge in [0.25, 0.3) is 20.0 Å². The smallest absolute Gasteiger partial charge is 0.336 e. The molecular weight excluding hydrogens is 564 g/mol. The summed E-state index contributed by atoms with van der Waals surface area (Å²) < 4.78 is 55.0. The third-order valence-electron chi connectivity index (χ3n) is 5.84. The van der Waals surface area contributed by atoms with Crippen LogP contribution in [-0.2, 0) is 24.8 Å². The molecule has 0 spiro atoms. The highest BCUT2D eigenvalue weighted by atomic mass is 32.2. The number of urea groups is 1. The molecule has 10 nitrogen and oxygen atoms in total. The Labute approximate surface area is 239 Å². The van der Waals surface area contributed by atoms with E-state index in [1.54, 1.807) is 84.9 Å². The first-order chi connectivity index (χ1) is 19.7. The number of nitrogens with one attached hydrogen (secondary N) is 2. The Morgan fingerprint density at radius 3 is 1.46 bits per heavy atom. The maximum Gasteiger partial charge on any atom is 0.336 e. The molecule has 0 aliphatic rings. The lowest BCUT2D eigenvalue weighted by molar-refractivity contribution is -0.119. The van der Waals surface area contributed by atoms with Gasteiger partial charge in [-0.25, -0.2) is 21.6 Å². The van der Waals surface area contributed by atoms with Crippen LogP contribution in [0.4, 0.5) is 16.2 Å². The van der Waals surface area contributed by atoms with Crippen molar-refractivity contribution in [3.05, 3.63) is 121 Å². The predicted octanol–water partition coefficient (Wildman–Crippen LogP) is 3.60. The zero-order chi connectivity index (χ0) is 29.3. The van der Waals surface area contributed by atoms with Gasteiger partial charge in [-0.05, 0) is 48.5 Å². The number of sulfonamides is 2. The molecule has 4 aromatic carbocycles.